The molecule has 0 saturated carbocycles. The third kappa shape index (κ3) is 3.55. The van der Waals surface area contributed by atoms with Gasteiger partial charge in [-0.05, 0) is 27.3 Å². The number of nitrogens with zero attached hydrogens (tertiary/aromatic N) is 1. The van der Waals surface area contributed by atoms with Gasteiger partial charge in [-0.2, -0.15) is 0 Å². The number of hydrogen-bond donors (Lipinski definition) is 1. The molecule has 1 fully saturated rings. The zero-order valence-corrected chi connectivity index (χ0v) is 9.84. The van der Waals surface area contributed by atoms with Crippen LogP contribution in [0.4, 0.5) is 0 Å². The lowest BCUT2D eigenvalue weighted by Crippen LogP contribution is -2.42. The van der Waals surface area contributed by atoms with Crippen LogP contribution in [0.5, 0.6) is 0 Å². The molecule has 0 amide bonds. The molecule has 14 heavy (non-hydrogen) atoms. The summed E-state index contributed by atoms with van der Waals surface area (Å²) >= 11 is 0. The molecule has 1 aliphatic rings. The highest BCUT2D eigenvalue weighted by Gasteiger charge is 2.32. The van der Waals surface area contributed by atoms with Crippen molar-refractivity contribution in [3.8, 4) is 0 Å². The smallest absolute Gasteiger partial charge is 0.151 e. The van der Waals surface area contributed by atoms with Crippen LogP contribution in [0.3, 0.4) is 0 Å². The number of sulfone groups is 1. The number of hydrogen-bond acceptors (Lipinski definition) is 4. The monoisotopic (exact) mass is 221 g/mol. The number of rotatable bonds is 3. The molecule has 0 aromatic heterocycles. The van der Waals surface area contributed by atoms with Gasteiger partial charge in [0.2, 0.25) is 0 Å². The zero-order chi connectivity index (χ0) is 11.0. The minimum atomic E-state index is -2.82. The Kier molecular flexibility index (Phi) is 3.23. The topological polar surface area (TPSA) is 57.6 Å². The molecule has 5 heteroatoms. The minimum Gasteiger partial charge on any atom is -0.389 e. The van der Waals surface area contributed by atoms with Crippen LogP contribution in [0.25, 0.3) is 0 Å². The van der Waals surface area contributed by atoms with Crippen LogP contribution in [0.2, 0.25) is 0 Å². The Morgan fingerprint density at radius 3 is 2.43 bits per heavy atom. The second-order valence-electron chi connectivity index (χ2n) is 4.78. The Hall–Kier alpha value is -0.130. The molecule has 0 radical (unpaired) electrons. The van der Waals surface area contributed by atoms with Crippen molar-refractivity contribution in [1.29, 1.82) is 0 Å². The number of likely N-dealkylation sites (N-methyl/N-ethyl adjacent to an activating group) is 1. The Morgan fingerprint density at radius 1 is 1.50 bits per heavy atom. The maximum absolute atomic E-state index is 11.2. The van der Waals surface area contributed by atoms with Crippen molar-refractivity contribution < 1.29 is 13.5 Å². The molecule has 1 heterocycles. The van der Waals surface area contributed by atoms with E-state index in [2.05, 4.69) is 0 Å². The first-order valence-electron chi connectivity index (χ1n) is 4.83. The molecule has 0 aromatic carbocycles. The predicted octanol–water partition coefficient (Wildman–Crippen LogP) is -0.124. The van der Waals surface area contributed by atoms with Crippen molar-refractivity contribution in [1.82, 2.24) is 4.90 Å². The predicted molar refractivity (Wildman–Crippen MR) is 56.0 cm³/mol. The van der Waals surface area contributed by atoms with Gasteiger partial charge in [0.25, 0.3) is 0 Å². The Bertz CT molecular complexity index is 292. The Labute approximate surface area is 85.8 Å². The third-order valence-corrected chi connectivity index (χ3v) is 4.22. The highest BCUT2D eigenvalue weighted by atomic mass is 32.2. The summed E-state index contributed by atoms with van der Waals surface area (Å²) in [6.07, 6.45) is 0.689. The van der Waals surface area contributed by atoms with Crippen molar-refractivity contribution in [3.63, 3.8) is 0 Å². The molecule has 1 aliphatic heterocycles. The molecule has 0 spiro atoms. The first-order chi connectivity index (χ1) is 6.20. The van der Waals surface area contributed by atoms with Crippen LogP contribution >= 0.6 is 0 Å². The fourth-order valence-corrected chi connectivity index (χ4v) is 3.67. The first kappa shape index (κ1) is 11.9. The number of aliphatic hydroxyl groups is 1. The van der Waals surface area contributed by atoms with Gasteiger partial charge in [-0.15, -0.1) is 0 Å². The van der Waals surface area contributed by atoms with E-state index in [9.17, 15) is 13.5 Å². The van der Waals surface area contributed by atoms with E-state index in [0.717, 1.165) is 0 Å². The highest BCUT2D eigenvalue weighted by molar-refractivity contribution is 7.91. The SMILES string of the molecule is CN(CC(C)(C)O)C1CCS(=O)(=O)C1. The van der Waals surface area contributed by atoms with Crippen LogP contribution < -0.4 is 0 Å². The molecule has 0 aromatic rings. The van der Waals surface area contributed by atoms with Gasteiger partial charge in [-0.1, -0.05) is 0 Å². The average molecular weight is 221 g/mol. The standard InChI is InChI=1S/C9H19NO3S/c1-9(2,11)7-10(3)8-4-5-14(12,13)6-8/h8,11H,4-7H2,1-3H3. The van der Waals surface area contributed by atoms with Gasteiger partial charge >= 0.3 is 0 Å². The van der Waals surface area contributed by atoms with E-state index < -0.39 is 15.4 Å². The van der Waals surface area contributed by atoms with Gasteiger partial charge in [0, 0.05) is 12.6 Å². The van der Waals surface area contributed by atoms with Crippen LogP contribution in [0.1, 0.15) is 20.3 Å². The summed E-state index contributed by atoms with van der Waals surface area (Å²) in [5.41, 5.74) is -0.763. The summed E-state index contributed by atoms with van der Waals surface area (Å²) in [4.78, 5) is 1.94. The van der Waals surface area contributed by atoms with Crippen LogP contribution in [-0.4, -0.2) is 55.2 Å². The maximum Gasteiger partial charge on any atom is 0.151 e. The second kappa shape index (κ2) is 3.79. The molecule has 84 valence electrons. The van der Waals surface area contributed by atoms with E-state index in [1.807, 2.05) is 11.9 Å². The summed E-state index contributed by atoms with van der Waals surface area (Å²) < 4.78 is 22.4. The third-order valence-electron chi connectivity index (χ3n) is 2.47. The molecule has 1 rings (SSSR count). The van der Waals surface area contributed by atoms with Gasteiger partial charge in [-0.25, -0.2) is 8.42 Å². The summed E-state index contributed by atoms with van der Waals surface area (Å²) in [7, 11) is -0.955. The molecular weight excluding hydrogens is 202 g/mol. The van der Waals surface area contributed by atoms with Crippen LogP contribution in [-0.2, 0) is 9.84 Å². The zero-order valence-electron chi connectivity index (χ0n) is 9.02. The van der Waals surface area contributed by atoms with Crippen LogP contribution in [0, 0.1) is 0 Å². The van der Waals surface area contributed by atoms with Gasteiger partial charge in [0.1, 0.15) is 0 Å². The molecular formula is C9H19NO3S. The average Bonchev–Trinajstić information content (AvgIpc) is 2.26. The molecule has 1 unspecified atom stereocenters. The summed E-state index contributed by atoms with van der Waals surface area (Å²) in [6, 6.07) is 0.0754. The Balaban J connectivity index is 2.52. The summed E-state index contributed by atoms with van der Waals surface area (Å²) in [5, 5.41) is 9.59. The van der Waals surface area contributed by atoms with E-state index in [-0.39, 0.29) is 17.5 Å². The highest BCUT2D eigenvalue weighted by Crippen LogP contribution is 2.18. The van der Waals surface area contributed by atoms with Crippen molar-refractivity contribution in [2.24, 2.45) is 0 Å². The quantitative estimate of drug-likeness (QED) is 0.721. The molecule has 0 bridgehead atoms. The van der Waals surface area contributed by atoms with Gasteiger partial charge < -0.3 is 5.11 Å². The minimum absolute atomic E-state index is 0.0754. The van der Waals surface area contributed by atoms with Crippen LogP contribution in [0.15, 0.2) is 0 Å². The molecule has 1 N–H and O–H groups in total. The Morgan fingerprint density at radius 2 is 2.07 bits per heavy atom. The largest absolute Gasteiger partial charge is 0.389 e. The normalized spacial score (nSPS) is 27.1. The van der Waals surface area contributed by atoms with E-state index in [1.165, 1.54) is 0 Å². The molecule has 0 aliphatic carbocycles. The lowest BCUT2D eigenvalue weighted by molar-refractivity contribution is 0.0345. The lowest BCUT2D eigenvalue weighted by Gasteiger charge is -2.29. The van der Waals surface area contributed by atoms with Gasteiger partial charge in [-0.3, -0.25) is 4.90 Å². The summed E-state index contributed by atoms with van der Waals surface area (Å²) in [6.45, 7) is 3.97. The summed E-state index contributed by atoms with van der Waals surface area (Å²) in [5.74, 6) is 0.521. The maximum atomic E-state index is 11.2. The lowest BCUT2D eigenvalue weighted by atomic mass is 10.1. The fourth-order valence-electron chi connectivity index (χ4n) is 1.86. The molecule has 1 atom stereocenters. The van der Waals surface area contributed by atoms with Crippen molar-refractivity contribution in [3.05, 3.63) is 0 Å². The van der Waals surface area contributed by atoms with E-state index >= 15 is 0 Å². The van der Waals surface area contributed by atoms with Gasteiger partial charge in [0.15, 0.2) is 9.84 Å². The molecule has 4 nitrogen and oxygen atoms in total. The van der Waals surface area contributed by atoms with Gasteiger partial charge in [0.05, 0.1) is 17.1 Å². The fraction of sp³-hybridized carbons (Fsp3) is 1.00. The van der Waals surface area contributed by atoms with Crippen molar-refractivity contribution in [2.75, 3.05) is 25.1 Å². The van der Waals surface area contributed by atoms with Crippen molar-refractivity contribution in [2.45, 2.75) is 31.9 Å². The van der Waals surface area contributed by atoms with E-state index in [0.29, 0.717) is 13.0 Å². The van der Waals surface area contributed by atoms with Crippen molar-refractivity contribution >= 4 is 9.84 Å². The molecule has 1 saturated heterocycles. The second-order valence-corrected chi connectivity index (χ2v) is 7.01. The first-order valence-corrected chi connectivity index (χ1v) is 6.65. The van der Waals surface area contributed by atoms with E-state index in [1.54, 1.807) is 13.8 Å². The van der Waals surface area contributed by atoms with E-state index in [4.69, 9.17) is 0 Å².